The van der Waals surface area contributed by atoms with Crippen LogP contribution >= 0.6 is 0 Å². The molecule has 0 saturated heterocycles. The van der Waals surface area contributed by atoms with E-state index in [4.69, 9.17) is 9.47 Å². The van der Waals surface area contributed by atoms with Crippen LogP contribution in [0.5, 0.6) is 0 Å². The first-order chi connectivity index (χ1) is 13.4. The van der Waals surface area contributed by atoms with Crippen LogP contribution < -0.4 is 0 Å². The van der Waals surface area contributed by atoms with Crippen LogP contribution in [-0.2, 0) is 23.9 Å². The van der Waals surface area contributed by atoms with Gasteiger partial charge in [0.05, 0.1) is 25.2 Å². The first kappa shape index (κ1) is 20.0. The van der Waals surface area contributed by atoms with Crippen LogP contribution in [-0.4, -0.2) is 37.2 Å². The van der Waals surface area contributed by atoms with Crippen molar-refractivity contribution in [2.24, 2.45) is 22.7 Å². The predicted octanol–water partition coefficient (Wildman–Crippen LogP) is 3.08. The van der Waals surface area contributed by atoms with Crippen LogP contribution in [0.1, 0.15) is 38.7 Å². The third kappa shape index (κ3) is 3.39. The quantitative estimate of drug-likeness (QED) is 0.589. The van der Waals surface area contributed by atoms with Gasteiger partial charge in [0.1, 0.15) is 5.92 Å². The molecule has 0 radical (unpaired) electrons. The van der Waals surface area contributed by atoms with Crippen LogP contribution in [0.25, 0.3) is 0 Å². The summed E-state index contributed by atoms with van der Waals surface area (Å²) in [5, 5.41) is 0. The van der Waals surface area contributed by atoms with Crippen molar-refractivity contribution < 1.29 is 23.9 Å². The molecule has 3 rings (SSSR count). The highest BCUT2D eigenvalue weighted by atomic mass is 16.5. The van der Waals surface area contributed by atoms with Gasteiger partial charge in [-0.05, 0) is 31.7 Å². The Balaban J connectivity index is 2.16. The number of carbonyl (C=O) groups is 3. The van der Waals surface area contributed by atoms with Crippen molar-refractivity contribution >= 4 is 23.4 Å². The number of allylic oxidation sites excluding steroid dienone is 1. The monoisotopic (exact) mass is 383 g/mol. The molecule has 6 heteroatoms. The summed E-state index contributed by atoms with van der Waals surface area (Å²) in [6.07, 6.45) is 0.507. The Hall–Kier alpha value is -2.76. The lowest BCUT2D eigenvalue weighted by Crippen LogP contribution is -2.48. The maximum absolute atomic E-state index is 13.4. The molecule has 0 unspecified atom stereocenters. The molecule has 0 N–H and O–H groups in total. The minimum absolute atomic E-state index is 0.205. The van der Waals surface area contributed by atoms with Crippen molar-refractivity contribution in [1.82, 2.24) is 0 Å². The van der Waals surface area contributed by atoms with Gasteiger partial charge in [-0.15, -0.1) is 0 Å². The maximum atomic E-state index is 13.4. The van der Waals surface area contributed by atoms with Crippen molar-refractivity contribution in [3.63, 3.8) is 0 Å². The summed E-state index contributed by atoms with van der Waals surface area (Å²) in [6, 6.07) is 9.39. The molecule has 1 fully saturated rings. The Morgan fingerprint density at radius 2 is 1.86 bits per heavy atom. The van der Waals surface area contributed by atoms with E-state index in [1.165, 1.54) is 7.11 Å². The molecule has 1 aromatic rings. The molecule has 148 valence electrons. The molecular weight excluding hydrogens is 358 g/mol. The molecule has 1 saturated carbocycles. The third-order valence-electron chi connectivity index (χ3n) is 5.53. The number of carbonyl (C=O) groups excluding carboxylic acids is 3. The van der Waals surface area contributed by atoms with E-state index in [0.29, 0.717) is 17.7 Å². The SMILES string of the molecule is CCOC(=O)C1=C(C)N=C2C[C@@H](C)[C@H](C(=O)OC)C(=O)[C@@H]2[C@H]1c1ccccc1. The number of esters is 2. The topological polar surface area (TPSA) is 82.0 Å². The highest BCUT2D eigenvalue weighted by Gasteiger charge is 2.51. The molecule has 6 nitrogen and oxygen atoms in total. The zero-order chi connectivity index (χ0) is 20.4. The van der Waals surface area contributed by atoms with E-state index >= 15 is 0 Å². The summed E-state index contributed by atoms with van der Waals surface area (Å²) in [4.78, 5) is 43.1. The lowest BCUT2D eigenvalue weighted by molar-refractivity contribution is -0.152. The predicted molar refractivity (Wildman–Crippen MR) is 104 cm³/mol. The maximum Gasteiger partial charge on any atom is 0.336 e. The molecule has 28 heavy (non-hydrogen) atoms. The lowest BCUT2D eigenvalue weighted by atomic mass is 9.64. The molecule has 1 aliphatic carbocycles. The number of aliphatic imine (C=N–C) groups is 1. The van der Waals surface area contributed by atoms with Gasteiger partial charge in [0.25, 0.3) is 0 Å². The van der Waals surface area contributed by atoms with Crippen LogP contribution in [0.15, 0.2) is 46.6 Å². The number of hydrogen-bond acceptors (Lipinski definition) is 6. The Bertz CT molecular complexity index is 855. The van der Waals surface area contributed by atoms with Gasteiger partial charge < -0.3 is 9.47 Å². The molecule has 1 heterocycles. The van der Waals surface area contributed by atoms with E-state index in [1.54, 1.807) is 13.8 Å². The van der Waals surface area contributed by atoms with E-state index in [-0.39, 0.29) is 18.3 Å². The summed E-state index contributed by atoms with van der Waals surface area (Å²) < 4.78 is 10.1. The van der Waals surface area contributed by atoms with Gasteiger partial charge in [0.2, 0.25) is 0 Å². The standard InChI is InChI=1S/C22H25NO5/c1-5-28-22(26)17-13(3)23-15-11-12(2)16(21(25)27-4)20(24)19(15)18(17)14-9-7-6-8-10-14/h6-10,12,16,18-19H,5,11H2,1-4H3/t12-,16+,18+,19+/m1/s1. The second-order valence-corrected chi connectivity index (χ2v) is 7.27. The van der Waals surface area contributed by atoms with Crippen molar-refractivity contribution in [2.45, 2.75) is 33.1 Å². The number of rotatable bonds is 4. The number of hydrogen-bond donors (Lipinski definition) is 0. The largest absolute Gasteiger partial charge is 0.468 e. The van der Waals surface area contributed by atoms with E-state index in [9.17, 15) is 14.4 Å². The normalized spacial score (nSPS) is 27.0. The lowest BCUT2D eigenvalue weighted by Gasteiger charge is -2.40. The van der Waals surface area contributed by atoms with Gasteiger partial charge in [0, 0.05) is 17.3 Å². The number of fused-ring (bicyclic) bond motifs is 1. The fourth-order valence-electron chi connectivity index (χ4n) is 4.33. The molecule has 1 aliphatic heterocycles. The van der Waals surface area contributed by atoms with Gasteiger partial charge in [0.15, 0.2) is 5.78 Å². The Kier molecular flexibility index (Phi) is 5.77. The summed E-state index contributed by atoms with van der Waals surface area (Å²) in [5.41, 5.74) is 2.49. The highest BCUT2D eigenvalue weighted by molar-refractivity contribution is 6.17. The highest BCUT2D eigenvalue weighted by Crippen LogP contribution is 2.45. The zero-order valence-corrected chi connectivity index (χ0v) is 16.6. The van der Waals surface area contributed by atoms with E-state index in [0.717, 1.165) is 11.3 Å². The van der Waals surface area contributed by atoms with Gasteiger partial charge in [-0.1, -0.05) is 37.3 Å². The van der Waals surface area contributed by atoms with E-state index in [1.807, 2.05) is 37.3 Å². The molecule has 2 aliphatic rings. The Labute approximate surface area is 164 Å². The van der Waals surface area contributed by atoms with Crippen LogP contribution in [0.2, 0.25) is 0 Å². The third-order valence-corrected chi connectivity index (χ3v) is 5.53. The van der Waals surface area contributed by atoms with Crippen molar-refractivity contribution in [1.29, 1.82) is 0 Å². The first-order valence-electron chi connectivity index (χ1n) is 9.52. The molecular formula is C22H25NO5. The molecule has 0 bridgehead atoms. The Morgan fingerprint density at radius 3 is 2.46 bits per heavy atom. The van der Waals surface area contributed by atoms with Crippen molar-refractivity contribution in [3.05, 3.63) is 47.2 Å². The summed E-state index contributed by atoms with van der Waals surface area (Å²) in [7, 11) is 1.29. The summed E-state index contributed by atoms with van der Waals surface area (Å²) in [5.74, 6) is -3.52. The second-order valence-electron chi connectivity index (χ2n) is 7.27. The zero-order valence-electron chi connectivity index (χ0n) is 16.6. The van der Waals surface area contributed by atoms with Crippen LogP contribution in [0.3, 0.4) is 0 Å². The molecule has 0 aromatic heterocycles. The average molecular weight is 383 g/mol. The van der Waals surface area contributed by atoms with Crippen molar-refractivity contribution in [2.75, 3.05) is 13.7 Å². The smallest absolute Gasteiger partial charge is 0.336 e. The molecule has 4 atom stereocenters. The van der Waals surface area contributed by atoms with Gasteiger partial charge in [-0.25, -0.2) is 4.79 Å². The van der Waals surface area contributed by atoms with Crippen LogP contribution in [0.4, 0.5) is 0 Å². The minimum Gasteiger partial charge on any atom is -0.468 e. The number of ether oxygens (including phenoxy) is 2. The second kappa shape index (κ2) is 8.09. The number of methoxy groups -OCH3 is 1. The number of Topliss-reactive ketones (excluding diaryl/α,β-unsaturated/α-hetero) is 1. The van der Waals surface area contributed by atoms with Gasteiger partial charge in [-0.3, -0.25) is 14.6 Å². The van der Waals surface area contributed by atoms with Crippen molar-refractivity contribution in [3.8, 4) is 0 Å². The number of ketones is 1. The number of benzene rings is 1. The first-order valence-corrected chi connectivity index (χ1v) is 9.52. The Morgan fingerprint density at radius 1 is 1.18 bits per heavy atom. The summed E-state index contributed by atoms with van der Waals surface area (Å²) in [6.45, 7) is 5.60. The van der Waals surface area contributed by atoms with Crippen LogP contribution in [0, 0.1) is 17.8 Å². The molecule has 1 aromatic carbocycles. The molecule has 0 spiro atoms. The summed E-state index contributed by atoms with van der Waals surface area (Å²) >= 11 is 0. The molecule has 0 amide bonds. The van der Waals surface area contributed by atoms with E-state index < -0.39 is 29.7 Å². The van der Waals surface area contributed by atoms with Gasteiger partial charge >= 0.3 is 11.9 Å². The average Bonchev–Trinajstić information content (AvgIpc) is 2.67. The van der Waals surface area contributed by atoms with E-state index in [2.05, 4.69) is 4.99 Å². The van der Waals surface area contributed by atoms with Gasteiger partial charge in [-0.2, -0.15) is 0 Å². The number of nitrogens with zero attached hydrogens (tertiary/aromatic N) is 1. The minimum atomic E-state index is -0.859. The fourth-order valence-corrected chi connectivity index (χ4v) is 4.33. The fraction of sp³-hybridized carbons (Fsp3) is 0.455.